The topological polar surface area (TPSA) is 101 Å². The highest BCUT2D eigenvalue weighted by Crippen LogP contribution is 2.30. The average Bonchev–Trinajstić information content (AvgIpc) is 3.05. The molecule has 0 unspecified atom stereocenters. The molecular weight excluding hydrogens is 341 g/mol. The quantitative estimate of drug-likeness (QED) is 0.867. The zero-order chi connectivity index (χ0) is 18.9. The zero-order valence-corrected chi connectivity index (χ0v) is 14.2. The monoisotopic (exact) mass is 359 g/mol. The summed E-state index contributed by atoms with van der Waals surface area (Å²) in [5, 5.41) is 15.9. The number of carboxylic acid groups (broad SMARTS) is 1. The van der Waals surface area contributed by atoms with Gasteiger partial charge in [-0.2, -0.15) is 5.10 Å². The van der Waals surface area contributed by atoms with Gasteiger partial charge in [0.1, 0.15) is 17.0 Å². The maximum atomic E-state index is 14.1. The number of benzene rings is 1. The number of hydrogen-bond donors (Lipinski definition) is 2. The van der Waals surface area contributed by atoms with Gasteiger partial charge >= 0.3 is 5.97 Å². The van der Waals surface area contributed by atoms with Crippen molar-refractivity contribution in [1.82, 2.24) is 15.1 Å². The lowest BCUT2D eigenvalue weighted by Gasteiger charge is -2.25. The van der Waals surface area contributed by atoms with Crippen molar-refractivity contribution in [3.63, 3.8) is 0 Å². The minimum absolute atomic E-state index is 0.0906. The zero-order valence-electron chi connectivity index (χ0n) is 14.2. The highest BCUT2D eigenvalue weighted by atomic mass is 19.1. The molecule has 8 heteroatoms. The van der Waals surface area contributed by atoms with Gasteiger partial charge in [0.05, 0.1) is 0 Å². The number of amides is 1. The van der Waals surface area contributed by atoms with Gasteiger partial charge < -0.3 is 10.4 Å². The Bertz CT molecular complexity index is 932. The third-order valence-corrected chi connectivity index (χ3v) is 4.62. The Labute approximate surface area is 148 Å². The van der Waals surface area contributed by atoms with Crippen LogP contribution < -0.4 is 10.7 Å². The van der Waals surface area contributed by atoms with E-state index in [9.17, 15) is 23.9 Å². The number of aromatic nitrogens is 2. The fourth-order valence-electron chi connectivity index (χ4n) is 3.22. The van der Waals surface area contributed by atoms with Gasteiger partial charge in [0.15, 0.2) is 5.69 Å². The van der Waals surface area contributed by atoms with E-state index >= 15 is 0 Å². The van der Waals surface area contributed by atoms with Gasteiger partial charge in [-0.15, -0.1) is 0 Å². The van der Waals surface area contributed by atoms with Gasteiger partial charge in [-0.05, 0) is 31.9 Å². The molecule has 0 spiro atoms. The van der Waals surface area contributed by atoms with Gasteiger partial charge in [-0.3, -0.25) is 9.59 Å². The maximum Gasteiger partial charge on any atom is 0.329 e. The number of carbonyl (C=O) groups excluding carboxylic acids is 1. The molecule has 0 atom stereocenters. The van der Waals surface area contributed by atoms with Crippen molar-refractivity contribution in [3.8, 4) is 5.69 Å². The Morgan fingerprint density at radius 2 is 1.92 bits per heavy atom. The summed E-state index contributed by atoms with van der Waals surface area (Å²) in [7, 11) is 0. The van der Waals surface area contributed by atoms with Gasteiger partial charge in [0.2, 0.25) is 5.43 Å². The van der Waals surface area contributed by atoms with Gasteiger partial charge in [-0.25, -0.2) is 13.9 Å². The summed E-state index contributed by atoms with van der Waals surface area (Å²) in [5.41, 5.74) is -2.06. The molecule has 1 saturated carbocycles. The second-order valence-corrected chi connectivity index (χ2v) is 6.41. The molecule has 1 aliphatic carbocycles. The Balaban J connectivity index is 2.02. The summed E-state index contributed by atoms with van der Waals surface area (Å²) in [6, 6.07) is 7.01. The van der Waals surface area contributed by atoms with Gasteiger partial charge in [0.25, 0.3) is 5.91 Å². The van der Waals surface area contributed by atoms with E-state index in [0.717, 1.165) is 4.68 Å². The van der Waals surface area contributed by atoms with E-state index in [-0.39, 0.29) is 5.69 Å². The lowest BCUT2D eigenvalue weighted by molar-refractivity contribution is -0.144. The number of carboxylic acids is 1. The van der Waals surface area contributed by atoms with Crippen molar-refractivity contribution < 1.29 is 19.1 Å². The average molecular weight is 359 g/mol. The maximum absolute atomic E-state index is 14.1. The van der Waals surface area contributed by atoms with E-state index in [1.165, 1.54) is 24.3 Å². The first-order chi connectivity index (χ1) is 12.3. The van der Waals surface area contributed by atoms with Crippen molar-refractivity contribution in [2.75, 3.05) is 0 Å². The number of hydrogen-bond acceptors (Lipinski definition) is 4. The Morgan fingerprint density at radius 3 is 2.54 bits per heavy atom. The number of para-hydroxylation sites is 1. The first kappa shape index (κ1) is 17.8. The van der Waals surface area contributed by atoms with E-state index in [4.69, 9.17) is 0 Å². The van der Waals surface area contributed by atoms with E-state index < -0.39 is 34.4 Å². The molecule has 2 aromatic rings. The van der Waals surface area contributed by atoms with Crippen LogP contribution in [0.3, 0.4) is 0 Å². The standard InChI is InChI=1S/C18H18FN3O4/c1-11-10-14(23)15(21-22(11)13-7-3-2-6-12(13)19)16(24)20-18(17(25)26)8-4-5-9-18/h2-3,6-7,10H,4-5,8-9H2,1H3,(H,20,24)(H,25,26). The third-order valence-electron chi connectivity index (χ3n) is 4.62. The van der Waals surface area contributed by atoms with Crippen molar-refractivity contribution >= 4 is 11.9 Å². The largest absolute Gasteiger partial charge is 0.480 e. The van der Waals surface area contributed by atoms with Crippen LogP contribution in [0.1, 0.15) is 41.9 Å². The fraction of sp³-hybridized carbons (Fsp3) is 0.333. The fourth-order valence-corrected chi connectivity index (χ4v) is 3.22. The van der Waals surface area contributed by atoms with Crippen molar-refractivity contribution in [1.29, 1.82) is 0 Å². The molecule has 0 radical (unpaired) electrons. The molecule has 1 amide bonds. The Hall–Kier alpha value is -3.03. The van der Waals surface area contributed by atoms with Crippen molar-refractivity contribution in [3.05, 3.63) is 57.8 Å². The number of halogens is 1. The van der Waals surface area contributed by atoms with Crippen molar-refractivity contribution in [2.24, 2.45) is 0 Å². The summed E-state index contributed by atoms with van der Waals surface area (Å²) in [5.74, 6) is -2.56. The second-order valence-electron chi connectivity index (χ2n) is 6.41. The Kier molecular flexibility index (Phi) is 4.58. The van der Waals surface area contributed by atoms with E-state index in [2.05, 4.69) is 10.4 Å². The molecule has 0 bridgehead atoms. The number of aliphatic carboxylic acids is 1. The third kappa shape index (κ3) is 3.10. The minimum Gasteiger partial charge on any atom is -0.480 e. The first-order valence-corrected chi connectivity index (χ1v) is 8.26. The van der Waals surface area contributed by atoms with Crippen LogP contribution in [-0.2, 0) is 4.79 Å². The predicted molar refractivity (Wildman–Crippen MR) is 90.8 cm³/mol. The van der Waals surface area contributed by atoms with Gasteiger partial charge in [-0.1, -0.05) is 25.0 Å². The second kappa shape index (κ2) is 6.70. The summed E-state index contributed by atoms with van der Waals surface area (Å²) in [6.45, 7) is 1.57. The van der Waals surface area contributed by atoms with Crippen molar-refractivity contribution in [2.45, 2.75) is 38.1 Å². The molecule has 0 saturated heterocycles. The highest BCUT2D eigenvalue weighted by molar-refractivity contribution is 5.96. The molecule has 1 aromatic carbocycles. The smallest absolute Gasteiger partial charge is 0.329 e. The molecule has 136 valence electrons. The van der Waals surface area contributed by atoms with Crippen LogP contribution >= 0.6 is 0 Å². The van der Waals surface area contributed by atoms with Crippen LogP contribution in [0.4, 0.5) is 4.39 Å². The van der Waals surface area contributed by atoms with E-state index in [1.807, 2.05) is 0 Å². The summed E-state index contributed by atoms with van der Waals surface area (Å²) in [6.07, 6.45) is 1.93. The van der Waals surface area contributed by atoms with E-state index in [0.29, 0.717) is 31.4 Å². The lowest BCUT2D eigenvalue weighted by Crippen LogP contribution is -2.53. The SMILES string of the molecule is Cc1cc(=O)c(C(=O)NC2(C(=O)O)CCCC2)nn1-c1ccccc1F. The molecule has 1 heterocycles. The number of nitrogens with one attached hydrogen (secondary N) is 1. The van der Waals surface area contributed by atoms with Crippen LogP contribution in [0.15, 0.2) is 35.1 Å². The number of rotatable bonds is 4. The van der Waals surface area contributed by atoms with Crippen LogP contribution in [-0.4, -0.2) is 32.3 Å². The molecule has 7 nitrogen and oxygen atoms in total. The highest BCUT2D eigenvalue weighted by Gasteiger charge is 2.43. The number of aryl methyl sites for hydroxylation is 1. The summed E-state index contributed by atoms with van der Waals surface area (Å²) >= 11 is 0. The predicted octanol–water partition coefficient (Wildman–Crippen LogP) is 1.81. The van der Waals surface area contributed by atoms with Crippen LogP contribution in [0, 0.1) is 12.7 Å². The number of carbonyl (C=O) groups is 2. The van der Waals surface area contributed by atoms with Crippen LogP contribution in [0.2, 0.25) is 0 Å². The lowest BCUT2D eigenvalue weighted by atomic mass is 9.97. The first-order valence-electron chi connectivity index (χ1n) is 8.26. The van der Waals surface area contributed by atoms with Crippen LogP contribution in [0.25, 0.3) is 5.69 Å². The molecule has 1 aliphatic rings. The molecule has 0 aliphatic heterocycles. The minimum atomic E-state index is -1.39. The van der Waals surface area contributed by atoms with E-state index in [1.54, 1.807) is 13.0 Å². The molecule has 1 fully saturated rings. The molecule has 26 heavy (non-hydrogen) atoms. The Morgan fingerprint density at radius 1 is 1.27 bits per heavy atom. The molecule has 3 rings (SSSR count). The summed E-state index contributed by atoms with van der Waals surface area (Å²) in [4.78, 5) is 36.4. The van der Waals surface area contributed by atoms with Gasteiger partial charge in [0, 0.05) is 11.8 Å². The molecule has 2 N–H and O–H groups in total. The molecule has 1 aromatic heterocycles. The molecular formula is C18H18FN3O4. The number of nitrogens with zero attached hydrogens (tertiary/aromatic N) is 2. The van der Waals surface area contributed by atoms with Crippen LogP contribution in [0.5, 0.6) is 0 Å². The summed E-state index contributed by atoms with van der Waals surface area (Å²) < 4.78 is 15.2. The normalized spacial score (nSPS) is 15.6.